The molecule has 2 heterocycles. The van der Waals surface area contributed by atoms with Crippen LogP contribution in [0.4, 0.5) is 0 Å². The van der Waals surface area contributed by atoms with Crippen LogP contribution in [0, 0.1) is 6.92 Å². The zero-order chi connectivity index (χ0) is 18.1. The Morgan fingerprint density at radius 3 is 2.50 bits per heavy atom. The Bertz CT molecular complexity index is 1070. The molecule has 0 N–H and O–H groups in total. The number of hydrogen-bond acceptors (Lipinski definition) is 6. The van der Waals surface area contributed by atoms with Crippen molar-refractivity contribution < 1.29 is 18.4 Å². The van der Waals surface area contributed by atoms with Crippen molar-refractivity contribution in [1.29, 1.82) is 0 Å². The molecule has 4 aromatic rings. The quantitative estimate of drug-likeness (QED) is 0.497. The highest BCUT2D eigenvalue weighted by molar-refractivity contribution is 5.95. The highest BCUT2D eigenvalue weighted by atomic mass is 16.6. The normalized spacial score (nSPS) is 12.2. The van der Waals surface area contributed by atoms with Gasteiger partial charge in [-0.3, -0.25) is 0 Å². The topological polar surface area (TPSA) is 78.4 Å². The molecule has 1 atom stereocenters. The first-order chi connectivity index (χ1) is 12.6. The number of para-hydroxylation sites is 1. The largest absolute Gasteiger partial charge is 0.449 e. The van der Waals surface area contributed by atoms with Gasteiger partial charge in [-0.25, -0.2) is 4.79 Å². The van der Waals surface area contributed by atoms with Crippen LogP contribution in [0.2, 0.25) is 0 Å². The van der Waals surface area contributed by atoms with E-state index in [2.05, 4.69) is 10.2 Å². The van der Waals surface area contributed by atoms with Gasteiger partial charge in [-0.1, -0.05) is 36.4 Å². The molecule has 4 rings (SSSR count). The van der Waals surface area contributed by atoms with E-state index in [9.17, 15) is 4.79 Å². The van der Waals surface area contributed by atoms with Gasteiger partial charge in [-0.05, 0) is 32.0 Å². The van der Waals surface area contributed by atoms with Gasteiger partial charge in [-0.2, -0.15) is 0 Å². The molecule has 0 fully saturated rings. The van der Waals surface area contributed by atoms with E-state index in [-0.39, 0.29) is 11.7 Å². The molecular formula is C20H16N2O4. The fourth-order valence-corrected chi connectivity index (χ4v) is 2.73. The minimum atomic E-state index is -0.694. The molecule has 6 nitrogen and oxygen atoms in total. The van der Waals surface area contributed by atoms with Crippen LogP contribution >= 0.6 is 0 Å². The first-order valence-corrected chi connectivity index (χ1v) is 8.21. The van der Waals surface area contributed by atoms with Gasteiger partial charge in [0.05, 0.1) is 0 Å². The number of nitrogens with zero attached hydrogens (tertiary/aromatic N) is 2. The van der Waals surface area contributed by atoms with E-state index in [1.165, 1.54) is 0 Å². The molecule has 0 unspecified atom stereocenters. The monoisotopic (exact) mass is 348 g/mol. The highest BCUT2D eigenvalue weighted by Gasteiger charge is 2.24. The molecule has 0 aliphatic carbocycles. The summed E-state index contributed by atoms with van der Waals surface area (Å²) in [5, 5.41) is 8.87. The minimum Gasteiger partial charge on any atom is -0.449 e. The number of hydrogen-bond donors (Lipinski definition) is 0. The van der Waals surface area contributed by atoms with Crippen LogP contribution in [0.3, 0.4) is 0 Å². The zero-order valence-electron chi connectivity index (χ0n) is 14.3. The number of furan rings is 1. The van der Waals surface area contributed by atoms with Gasteiger partial charge in [0.2, 0.25) is 11.7 Å². The molecule has 2 aromatic heterocycles. The number of ether oxygens (including phenoxy) is 1. The Kier molecular flexibility index (Phi) is 4.01. The first-order valence-electron chi connectivity index (χ1n) is 8.21. The maximum absolute atomic E-state index is 12.5. The van der Waals surface area contributed by atoms with Gasteiger partial charge in [0.15, 0.2) is 6.10 Å². The Balaban J connectivity index is 1.54. The lowest BCUT2D eigenvalue weighted by atomic mass is 10.1. The standard InChI is InChI=1S/C20H16N2O4/c1-12-15-10-6-7-11-16(15)25-17(12)20(23)24-13(2)18-21-22-19(26-18)14-8-4-3-5-9-14/h3-11,13H,1-2H3/t13-/m0/s1. The molecule has 130 valence electrons. The predicted octanol–water partition coefficient (Wildman–Crippen LogP) is 4.71. The van der Waals surface area contributed by atoms with Crippen LogP contribution in [-0.2, 0) is 4.74 Å². The minimum absolute atomic E-state index is 0.181. The summed E-state index contributed by atoms with van der Waals surface area (Å²) in [6.07, 6.45) is -0.694. The molecule has 0 saturated carbocycles. The van der Waals surface area contributed by atoms with Crippen LogP contribution in [0.15, 0.2) is 63.4 Å². The van der Waals surface area contributed by atoms with Gasteiger partial charge < -0.3 is 13.6 Å². The lowest BCUT2D eigenvalue weighted by Gasteiger charge is -2.08. The van der Waals surface area contributed by atoms with Crippen molar-refractivity contribution in [2.75, 3.05) is 0 Å². The molecule has 0 aliphatic heterocycles. The van der Waals surface area contributed by atoms with Crippen LogP contribution in [0.25, 0.3) is 22.4 Å². The Morgan fingerprint density at radius 1 is 1.00 bits per heavy atom. The highest BCUT2D eigenvalue weighted by Crippen LogP contribution is 2.28. The smallest absolute Gasteiger partial charge is 0.375 e. The summed E-state index contributed by atoms with van der Waals surface area (Å²) in [5.41, 5.74) is 2.19. The van der Waals surface area contributed by atoms with Crippen molar-refractivity contribution in [3.63, 3.8) is 0 Å². The maximum Gasteiger partial charge on any atom is 0.375 e. The third-order valence-corrected chi connectivity index (χ3v) is 4.12. The summed E-state index contributed by atoms with van der Waals surface area (Å²) in [5.74, 6) is 0.223. The SMILES string of the molecule is Cc1c(C(=O)O[C@@H](C)c2nnc(-c3ccccc3)o2)oc2ccccc12. The van der Waals surface area contributed by atoms with Gasteiger partial charge in [0, 0.05) is 16.5 Å². The second kappa shape index (κ2) is 6.48. The fourth-order valence-electron chi connectivity index (χ4n) is 2.73. The maximum atomic E-state index is 12.5. The van der Waals surface area contributed by atoms with E-state index >= 15 is 0 Å². The zero-order valence-corrected chi connectivity index (χ0v) is 14.3. The molecule has 0 aliphatic rings. The van der Waals surface area contributed by atoms with Gasteiger partial charge in [-0.15, -0.1) is 10.2 Å². The second-order valence-corrected chi connectivity index (χ2v) is 5.91. The number of esters is 1. The average Bonchev–Trinajstić information content (AvgIpc) is 3.28. The summed E-state index contributed by atoms with van der Waals surface area (Å²) in [6.45, 7) is 3.51. The summed E-state index contributed by atoms with van der Waals surface area (Å²) in [7, 11) is 0. The van der Waals surface area contributed by atoms with Crippen molar-refractivity contribution in [1.82, 2.24) is 10.2 Å². The van der Waals surface area contributed by atoms with E-state index in [1.807, 2.05) is 61.5 Å². The van der Waals surface area contributed by atoms with Gasteiger partial charge >= 0.3 is 5.97 Å². The summed E-state index contributed by atoms with van der Waals surface area (Å²) in [6, 6.07) is 16.9. The summed E-state index contributed by atoms with van der Waals surface area (Å²) < 4.78 is 16.7. The van der Waals surface area contributed by atoms with Crippen molar-refractivity contribution in [3.8, 4) is 11.5 Å². The molecule has 0 spiro atoms. The number of carbonyl (C=O) groups excluding carboxylic acids is 1. The summed E-state index contributed by atoms with van der Waals surface area (Å²) >= 11 is 0. The van der Waals surface area contributed by atoms with Crippen molar-refractivity contribution >= 4 is 16.9 Å². The average molecular weight is 348 g/mol. The van der Waals surface area contributed by atoms with Crippen LogP contribution in [0.5, 0.6) is 0 Å². The van der Waals surface area contributed by atoms with E-state index in [4.69, 9.17) is 13.6 Å². The number of benzene rings is 2. The number of aryl methyl sites for hydroxylation is 1. The Labute approximate surface area is 149 Å². The Morgan fingerprint density at radius 2 is 1.73 bits per heavy atom. The van der Waals surface area contributed by atoms with Crippen LogP contribution in [-0.4, -0.2) is 16.2 Å². The lowest BCUT2D eigenvalue weighted by molar-refractivity contribution is 0.0245. The second-order valence-electron chi connectivity index (χ2n) is 5.91. The number of carbonyl (C=O) groups is 1. The molecule has 0 bridgehead atoms. The summed E-state index contributed by atoms with van der Waals surface area (Å²) in [4.78, 5) is 12.5. The number of rotatable bonds is 4. The van der Waals surface area contributed by atoms with Gasteiger partial charge in [0.1, 0.15) is 5.58 Å². The van der Waals surface area contributed by atoms with Crippen LogP contribution in [0.1, 0.15) is 35.0 Å². The van der Waals surface area contributed by atoms with E-state index in [0.717, 1.165) is 16.5 Å². The first kappa shape index (κ1) is 16.1. The van der Waals surface area contributed by atoms with Crippen molar-refractivity contribution in [2.24, 2.45) is 0 Å². The van der Waals surface area contributed by atoms with Gasteiger partial charge in [0.25, 0.3) is 5.89 Å². The third kappa shape index (κ3) is 2.86. The lowest BCUT2D eigenvalue weighted by Crippen LogP contribution is -2.09. The van der Waals surface area contributed by atoms with E-state index in [1.54, 1.807) is 6.92 Å². The molecule has 6 heteroatoms. The van der Waals surface area contributed by atoms with E-state index < -0.39 is 12.1 Å². The van der Waals surface area contributed by atoms with Crippen LogP contribution < -0.4 is 0 Å². The molecule has 0 radical (unpaired) electrons. The van der Waals surface area contributed by atoms with Crippen molar-refractivity contribution in [2.45, 2.75) is 20.0 Å². The third-order valence-electron chi connectivity index (χ3n) is 4.12. The fraction of sp³-hybridized carbons (Fsp3) is 0.150. The number of aromatic nitrogens is 2. The molecule has 0 amide bonds. The Hall–Kier alpha value is -3.41. The molecule has 2 aromatic carbocycles. The predicted molar refractivity (Wildman–Crippen MR) is 94.5 cm³/mol. The van der Waals surface area contributed by atoms with Crippen molar-refractivity contribution in [3.05, 3.63) is 71.8 Å². The number of fused-ring (bicyclic) bond motifs is 1. The molecule has 26 heavy (non-hydrogen) atoms. The molecule has 0 saturated heterocycles. The van der Waals surface area contributed by atoms with E-state index in [0.29, 0.717) is 11.5 Å². The molecular weight excluding hydrogens is 332 g/mol.